The zero-order valence-corrected chi connectivity index (χ0v) is 44.7. The van der Waals surface area contributed by atoms with Crippen molar-refractivity contribution in [2.75, 3.05) is 18.8 Å². The number of hydrogen-bond donors (Lipinski definition) is 4. The molecule has 5 aliphatic heterocycles. The number of phenolic OH excluding ortho intramolecular Hbond substituents is 1. The van der Waals surface area contributed by atoms with E-state index in [4.69, 9.17) is 20.2 Å². The van der Waals surface area contributed by atoms with E-state index in [9.17, 15) is 19.8 Å². The number of benzene rings is 2. The number of rotatable bonds is 2. The third kappa shape index (κ3) is 8.71. The Bertz CT molecular complexity index is 2430. The van der Waals surface area contributed by atoms with Gasteiger partial charge in [0.2, 0.25) is 5.91 Å². The summed E-state index contributed by atoms with van der Waals surface area (Å²) >= 11 is 0. The van der Waals surface area contributed by atoms with Crippen molar-refractivity contribution in [3.63, 3.8) is 0 Å². The number of aliphatic hydroxyl groups is 1. The van der Waals surface area contributed by atoms with Gasteiger partial charge in [-0.05, 0) is 168 Å². The number of nitrogens with zero attached hydrogens (tertiary/aromatic N) is 2. The van der Waals surface area contributed by atoms with Gasteiger partial charge in [-0.1, -0.05) is 90.1 Å². The number of allylic oxidation sites excluding steroid dienone is 1. The van der Waals surface area contributed by atoms with Gasteiger partial charge in [-0.25, -0.2) is 0 Å². The summed E-state index contributed by atoms with van der Waals surface area (Å²) in [6.07, 6.45) is 30.7. The Hall–Kier alpha value is -3.35. The Labute approximate surface area is 437 Å². The maximum absolute atomic E-state index is 14.9. The largest absolute Gasteiger partial charge is 0.504 e. The van der Waals surface area contributed by atoms with E-state index in [0.717, 1.165) is 87.5 Å². The zero-order chi connectivity index (χ0) is 49.4. The van der Waals surface area contributed by atoms with E-state index >= 15 is 0 Å². The van der Waals surface area contributed by atoms with Crippen LogP contribution in [0.15, 0.2) is 53.5 Å². The summed E-state index contributed by atoms with van der Waals surface area (Å²) in [5.74, 6) is 3.24. The molecule has 5 spiro atoms. The molecule has 14 rings (SSSR count). The first-order chi connectivity index (χ1) is 34.9. The predicted octanol–water partition coefficient (Wildman–Crippen LogP) is 12.1. The molecule has 2 aromatic carbocycles. The van der Waals surface area contributed by atoms with Gasteiger partial charge >= 0.3 is 5.97 Å². The molecule has 10 atom stereocenters. The van der Waals surface area contributed by atoms with Crippen molar-refractivity contribution in [3.05, 3.63) is 70.8 Å². The average molecular weight is 1020 g/mol. The van der Waals surface area contributed by atoms with Gasteiger partial charge in [0, 0.05) is 78.9 Å². The normalized spacial score (nSPS) is 38.3. The monoisotopic (exact) mass is 1020 g/mol. The van der Waals surface area contributed by atoms with Crippen LogP contribution in [0, 0.1) is 34.0 Å². The minimum Gasteiger partial charge on any atom is -0.504 e. The van der Waals surface area contributed by atoms with Crippen molar-refractivity contribution in [1.29, 1.82) is 0 Å². The van der Waals surface area contributed by atoms with Crippen LogP contribution < -0.4 is 15.8 Å². The van der Waals surface area contributed by atoms with Crippen LogP contribution in [0.25, 0.3) is 0 Å². The third-order valence-electron chi connectivity index (χ3n) is 21.5. The van der Waals surface area contributed by atoms with Crippen molar-refractivity contribution in [3.8, 4) is 11.5 Å². The summed E-state index contributed by atoms with van der Waals surface area (Å²) in [4.78, 5) is 35.1. The van der Waals surface area contributed by atoms with Gasteiger partial charge in [-0.2, -0.15) is 0 Å². The molecule has 2 aromatic rings. The fraction of sp³-hybridized carbons (Fsp3) is 0.717. The summed E-state index contributed by atoms with van der Waals surface area (Å²) in [7, 11) is 4.19. The number of aromatic hydroxyl groups is 1. The van der Waals surface area contributed by atoms with E-state index in [1.165, 1.54) is 83.1 Å². The Morgan fingerprint density at radius 1 is 0.889 bits per heavy atom. The van der Waals surface area contributed by atoms with Crippen LogP contribution in [-0.4, -0.2) is 74.0 Å². The number of carbonyl (C=O) groups excluding carboxylic acids is 2. The van der Waals surface area contributed by atoms with Crippen molar-refractivity contribution >= 4 is 39.4 Å². The number of fused-ring (bicyclic) bond motifs is 9. The number of guanidine groups is 1. The summed E-state index contributed by atoms with van der Waals surface area (Å²) in [6.45, 7) is 2.95. The van der Waals surface area contributed by atoms with Gasteiger partial charge in [0.05, 0.1) is 6.10 Å². The lowest BCUT2D eigenvalue weighted by Gasteiger charge is -2.44. The Morgan fingerprint density at radius 3 is 2.47 bits per heavy atom. The number of ether oxygens (including phenoxy) is 2. The van der Waals surface area contributed by atoms with Crippen LogP contribution in [0.1, 0.15) is 202 Å². The third-order valence-corrected chi connectivity index (χ3v) is 24.9. The predicted molar refractivity (Wildman–Crippen MR) is 288 cm³/mol. The number of aliphatic hydroxyl groups excluding tert-OH is 1. The Morgan fingerprint density at radius 2 is 1.67 bits per heavy atom. The second kappa shape index (κ2) is 19.3. The molecule has 5 N–H and O–H groups in total. The van der Waals surface area contributed by atoms with Crippen LogP contribution in [-0.2, 0) is 27.3 Å². The molecule has 0 unspecified atom stereocenters. The average Bonchev–Trinajstić information content (AvgIpc) is 4.23. The fourth-order valence-corrected chi connectivity index (χ4v) is 22.0. The molecule has 5 heterocycles. The summed E-state index contributed by atoms with van der Waals surface area (Å²) < 4.78 is 13.6. The van der Waals surface area contributed by atoms with Gasteiger partial charge in [-0.15, -0.1) is 0 Å². The highest BCUT2D eigenvalue weighted by molar-refractivity contribution is 8.77. The van der Waals surface area contributed by atoms with Crippen LogP contribution in [0.5, 0.6) is 11.5 Å². The first kappa shape index (κ1) is 49.5. The molecule has 7 fully saturated rings. The van der Waals surface area contributed by atoms with Crippen LogP contribution in [0.4, 0.5) is 0 Å². The molecule has 0 aromatic heterocycles. The first-order valence-electron chi connectivity index (χ1n) is 28.7. The minimum atomic E-state index is -0.791. The van der Waals surface area contributed by atoms with E-state index in [1.54, 1.807) is 0 Å². The minimum absolute atomic E-state index is 0.0949. The van der Waals surface area contributed by atoms with Gasteiger partial charge < -0.3 is 35.6 Å². The number of aryl methyl sites for hydroxylation is 1. The van der Waals surface area contributed by atoms with E-state index in [-0.39, 0.29) is 63.5 Å². The maximum atomic E-state index is 14.9. The number of aliphatic imine (C=N–C) groups is 1. The second-order valence-corrected chi connectivity index (χ2v) is 27.9. The fourth-order valence-electron chi connectivity index (χ4n) is 17.8. The number of amides is 1. The number of nitrogens with one attached hydrogen (secondary N) is 1. The van der Waals surface area contributed by atoms with E-state index in [2.05, 4.69) is 75.5 Å². The van der Waals surface area contributed by atoms with Crippen molar-refractivity contribution < 1.29 is 29.3 Å². The quantitative estimate of drug-likeness (QED) is 0.130. The molecule has 12 heteroatoms. The molecule has 8 bridgehead atoms. The molecule has 1 amide bonds. The molecule has 6 saturated carbocycles. The number of hydrogen-bond acceptors (Lipinski definition) is 11. The summed E-state index contributed by atoms with van der Waals surface area (Å²) in [6, 6.07) is 13.0. The summed E-state index contributed by atoms with van der Waals surface area (Å²) in [5.41, 5.74) is 10.2. The topological polar surface area (TPSA) is 147 Å². The molecule has 7 aliphatic carbocycles. The van der Waals surface area contributed by atoms with Crippen LogP contribution in [0.3, 0.4) is 0 Å². The van der Waals surface area contributed by atoms with Crippen molar-refractivity contribution in [2.45, 2.75) is 214 Å². The molecular weight excluding hydrogens is 937 g/mol. The SMILES string of the molecule is CC(=O)O[C@@]12CCc3cc(c(O)c4c3[C@H]3C=C[C@@]5(CCC[C@H]5C3)O4)CN3C[C@@]4(CC3=O)[C@@H](CC[C@H]4c3ccccc3)CN=C(N)N[C@]3(CCCC34CCCC4)SSCC3(CCCC3)CCC[C@@H](CC1)[C@H](O)C2. The highest BCUT2D eigenvalue weighted by Gasteiger charge is 2.59. The van der Waals surface area contributed by atoms with E-state index in [1.807, 2.05) is 4.90 Å². The lowest BCUT2D eigenvalue weighted by molar-refractivity contribution is -0.169. The number of phenols is 1. The van der Waals surface area contributed by atoms with E-state index in [0.29, 0.717) is 67.4 Å². The highest BCUT2D eigenvalue weighted by atomic mass is 33.1. The number of carbonyl (C=O) groups is 2. The first-order valence-corrected chi connectivity index (χ1v) is 31.0. The van der Waals surface area contributed by atoms with Crippen LogP contribution >= 0.6 is 21.6 Å². The molecule has 390 valence electrons. The lowest BCUT2D eigenvalue weighted by atomic mass is 9.68. The standard InChI is InChI=1S/C60H82N4O6S2/c1-40(65)69-57-29-18-42(49(66)34-57)14-9-23-55(21-5-6-22-55)39-71-72-60(28-11-26-56(60)24-7-8-25-56)63-54(61)62-36-47-16-17-48(41-12-3-2-4-13-41)58(47)35-50(67)64(38-58)37-45-32-43(19-30-57)51-44-20-31-59(70-53(51)52(45)68)27-10-15-46(59)33-44/h2-4,12-13,20,31-32,42,44,46-49,66,68H,5-11,14-19,21-30,33-39H2,1H3,(H3,61,62,63)/t42-,44-,46-,47-,48-,49+,57+,58-,59+,60+/m0/s1. The molecule has 12 aliphatic rings. The molecule has 0 radical (unpaired) electrons. The molecule has 10 nitrogen and oxygen atoms in total. The Balaban J connectivity index is 0.920. The van der Waals surface area contributed by atoms with Crippen LogP contribution in [0.2, 0.25) is 0 Å². The molecule has 1 saturated heterocycles. The zero-order valence-electron chi connectivity index (χ0n) is 43.1. The van der Waals surface area contributed by atoms with E-state index < -0.39 is 17.3 Å². The van der Waals surface area contributed by atoms with Crippen molar-refractivity contribution in [2.24, 2.45) is 44.7 Å². The van der Waals surface area contributed by atoms with Gasteiger partial charge in [0.15, 0.2) is 17.5 Å². The highest BCUT2D eigenvalue weighted by Crippen LogP contribution is 2.65. The number of esters is 1. The smallest absolute Gasteiger partial charge is 0.303 e. The molecular formula is C60H82N4O6S2. The van der Waals surface area contributed by atoms with Crippen molar-refractivity contribution in [1.82, 2.24) is 10.2 Å². The Kier molecular flexibility index (Phi) is 13.3. The molecule has 72 heavy (non-hydrogen) atoms. The summed E-state index contributed by atoms with van der Waals surface area (Å²) in [5, 5.41) is 28.7. The number of nitrogens with two attached hydrogens (primary N) is 1. The maximum Gasteiger partial charge on any atom is 0.303 e. The van der Waals surface area contributed by atoms with Gasteiger partial charge in [0.1, 0.15) is 16.1 Å². The second-order valence-electron chi connectivity index (χ2n) is 25.3. The van der Waals surface area contributed by atoms with Gasteiger partial charge in [-0.3, -0.25) is 14.6 Å². The van der Waals surface area contributed by atoms with Gasteiger partial charge in [0.25, 0.3) is 0 Å². The lowest BCUT2D eigenvalue weighted by Crippen LogP contribution is -2.55.